The number of carbonyl (C=O) groups excluding carboxylic acids is 1. The number of thioether (sulfide) groups is 1. The molecule has 1 aliphatic rings. The predicted octanol–water partition coefficient (Wildman–Crippen LogP) is 7.41. The number of ether oxygens (including phenoxy) is 1. The van der Waals surface area contributed by atoms with E-state index < -0.39 is 17.2 Å². The van der Waals surface area contributed by atoms with Crippen LogP contribution in [-0.2, 0) is 10.3 Å². The largest absolute Gasteiger partial charge is 0.444 e. The van der Waals surface area contributed by atoms with Crippen molar-refractivity contribution in [1.82, 2.24) is 15.5 Å². The molecule has 0 aliphatic carbocycles. The van der Waals surface area contributed by atoms with Crippen LogP contribution in [0.25, 0.3) is 10.4 Å². The van der Waals surface area contributed by atoms with Crippen molar-refractivity contribution < 1.29 is 14.1 Å². The van der Waals surface area contributed by atoms with Gasteiger partial charge in [-0.2, -0.15) is 0 Å². The summed E-state index contributed by atoms with van der Waals surface area (Å²) in [7, 11) is 0. The number of alkyl carbamates (subject to hydrolysis) is 1. The molecule has 0 spiro atoms. The molecule has 7 nitrogen and oxygen atoms in total. The summed E-state index contributed by atoms with van der Waals surface area (Å²) in [5.41, 5.74) is 2.24. The molecule has 4 heterocycles. The van der Waals surface area contributed by atoms with Gasteiger partial charge in [0, 0.05) is 39.2 Å². The lowest BCUT2D eigenvalue weighted by molar-refractivity contribution is 0.0564. The maximum Gasteiger partial charge on any atom is 0.413 e. The molecule has 2 atom stereocenters. The summed E-state index contributed by atoms with van der Waals surface area (Å²) in [5, 5.41) is 8.00. The summed E-state index contributed by atoms with van der Waals surface area (Å²) < 4.78 is 11.0. The van der Waals surface area contributed by atoms with E-state index in [2.05, 4.69) is 27.3 Å². The van der Waals surface area contributed by atoms with Gasteiger partial charge in [0.15, 0.2) is 5.17 Å². The topological polar surface area (TPSA) is 89.6 Å². The summed E-state index contributed by atoms with van der Waals surface area (Å²) in [6, 6.07) is 3.94. The molecule has 0 bridgehead atoms. The van der Waals surface area contributed by atoms with Crippen molar-refractivity contribution in [3.8, 4) is 22.3 Å². The van der Waals surface area contributed by atoms with Gasteiger partial charge >= 0.3 is 6.09 Å². The third kappa shape index (κ3) is 6.20. The predicted molar refractivity (Wildman–Crippen MR) is 150 cm³/mol. The van der Waals surface area contributed by atoms with E-state index in [1.165, 1.54) is 11.8 Å². The number of halogens is 1. The molecule has 1 amide bonds. The lowest BCUT2D eigenvalue weighted by Crippen LogP contribution is -2.39. The Morgan fingerprint density at radius 1 is 1.30 bits per heavy atom. The van der Waals surface area contributed by atoms with Crippen LogP contribution < -0.4 is 5.32 Å². The normalized spacial score (nSPS) is 19.6. The van der Waals surface area contributed by atoms with Crippen LogP contribution in [0.5, 0.6) is 0 Å². The highest BCUT2D eigenvalue weighted by Gasteiger charge is 2.41. The van der Waals surface area contributed by atoms with Crippen molar-refractivity contribution in [2.45, 2.75) is 71.3 Å². The van der Waals surface area contributed by atoms with Crippen LogP contribution in [0.1, 0.15) is 73.7 Å². The molecule has 1 N–H and O–H groups in total. The van der Waals surface area contributed by atoms with E-state index in [0.717, 1.165) is 37.9 Å². The first kappa shape index (κ1) is 27.2. The summed E-state index contributed by atoms with van der Waals surface area (Å²) in [4.78, 5) is 23.8. The molecule has 1 aliphatic heterocycles. The van der Waals surface area contributed by atoms with Crippen LogP contribution >= 0.6 is 34.7 Å². The fraction of sp³-hybridized carbons (Fsp3) is 0.407. The van der Waals surface area contributed by atoms with Crippen molar-refractivity contribution in [3.63, 3.8) is 0 Å². The van der Waals surface area contributed by atoms with Crippen molar-refractivity contribution >= 4 is 46.0 Å². The number of aromatic nitrogens is 2. The zero-order valence-electron chi connectivity index (χ0n) is 21.9. The second kappa shape index (κ2) is 10.5. The molecule has 37 heavy (non-hydrogen) atoms. The standard InChI is InChI=1S/C27H29ClN4O3S2/c1-8-9-17-10-18(14-29-13-17)20-11-19(28)23(36-20)27(7)12-21(22-15(2)32-35-16(22)3)37-24(31-27)30-25(33)34-26(4,5)6/h10-11,13-14,21H,12H2,1-7H3,(H,30,31,33)/t21-,27-/m0/s1. The van der Waals surface area contributed by atoms with Crippen LogP contribution in [0.4, 0.5) is 4.79 Å². The van der Waals surface area contributed by atoms with Crippen molar-refractivity contribution in [2.75, 3.05) is 0 Å². The highest BCUT2D eigenvalue weighted by molar-refractivity contribution is 8.14. The third-order valence-corrected chi connectivity index (χ3v) is 8.62. The minimum atomic E-state index is -0.718. The Balaban J connectivity index is 1.75. The monoisotopic (exact) mass is 556 g/mol. The zero-order valence-corrected chi connectivity index (χ0v) is 24.2. The molecule has 3 aromatic heterocycles. The summed E-state index contributed by atoms with van der Waals surface area (Å²) in [5.74, 6) is 6.70. The molecule has 0 fully saturated rings. The number of aliphatic imine (C=N–C) groups is 1. The third-order valence-electron chi connectivity index (χ3n) is 5.67. The van der Waals surface area contributed by atoms with Gasteiger partial charge in [0.05, 0.1) is 21.1 Å². The Hall–Kier alpha value is -2.80. The fourth-order valence-corrected chi connectivity index (χ4v) is 7.35. The number of hydrogen-bond donors (Lipinski definition) is 1. The number of nitrogens with one attached hydrogen (secondary N) is 1. The number of pyridine rings is 1. The fourth-order valence-electron chi connectivity index (χ4n) is 4.20. The number of nitrogens with zero attached hydrogens (tertiary/aromatic N) is 3. The number of aryl methyl sites for hydroxylation is 2. The first-order valence-corrected chi connectivity index (χ1v) is 13.8. The Morgan fingerprint density at radius 3 is 2.70 bits per heavy atom. The van der Waals surface area contributed by atoms with E-state index in [-0.39, 0.29) is 5.25 Å². The molecular weight excluding hydrogens is 528 g/mol. The number of carbonyl (C=O) groups is 1. The molecule has 0 unspecified atom stereocenters. The lowest BCUT2D eigenvalue weighted by atomic mass is 9.91. The second-order valence-electron chi connectivity index (χ2n) is 9.99. The molecule has 3 aromatic rings. The van der Waals surface area contributed by atoms with Crippen LogP contribution in [0, 0.1) is 25.7 Å². The van der Waals surface area contributed by atoms with Gasteiger partial charge in [0.1, 0.15) is 11.4 Å². The van der Waals surface area contributed by atoms with Gasteiger partial charge in [-0.25, -0.2) is 9.79 Å². The van der Waals surface area contributed by atoms with Crippen molar-refractivity contribution in [1.29, 1.82) is 0 Å². The average molecular weight is 557 g/mol. The Labute approximate surface area is 230 Å². The van der Waals surface area contributed by atoms with E-state index in [1.54, 1.807) is 30.7 Å². The van der Waals surface area contributed by atoms with E-state index in [9.17, 15) is 4.79 Å². The minimum Gasteiger partial charge on any atom is -0.444 e. The van der Waals surface area contributed by atoms with E-state index in [1.807, 2.05) is 53.7 Å². The summed E-state index contributed by atoms with van der Waals surface area (Å²) in [6.07, 6.45) is 3.62. The van der Waals surface area contributed by atoms with Crippen molar-refractivity contribution in [2.24, 2.45) is 4.99 Å². The quantitative estimate of drug-likeness (QED) is 0.338. The zero-order chi connectivity index (χ0) is 27.0. The number of hydrogen-bond acceptors (Lipinski definition) is 8. The number of rotatable bonds is 3. The Morgan fingerprint density at radius 2 is 2.05 bits per heavy atom. The SMILES string of the molecule is CC#Cc1cncc(-c2cc(Cl)c([C@]3(C)C[C@@H](c4c(C)noc4C)SC(NC(=O)OC(C)(C)C)=N3)s2)c1. The van der Waals surface area contributed by atoms with Gasteiger partial charge in [0.25, 0.3) is 0 Å². The van der Waals surface area contributed by atoms with Gasteiger partial charge < -0.3 is 9.26 Å². The number of amides is 1. The lowest BCUT2D eigenvalue weighted by Gasteiger charge is -2.35. The molecule has 0 saturated carbocycles. The van der Waals surface area contributed by atoms with Gasteiger partial charge in [-0.05, 0) is 67.0 Å². The van der Waals surface area contributed by atoms with Crippen LogP contribution in [0.2, 0.25) is 5.02 Å². The number of thiophene rings is 1. The molecule has 0 aromatic carbocycles. The first-order chi connectivity index (χ1) is 17.4. The summed E-state index contributed by atoms with van der Waals surface area (Å²) in [6.45, 7) is 13.1. The molecular formula is C27H29ClN4O3S2. The molecule has 10 heteroatoms. The molecule has 0 saturated heterocycles. The molecule has 4 rings (SSSR count). The van der Waals surface area contributed by atoms with Gasteiger partial charge in [0.2, 0.25) is 0 Å². The average Bonchev–Trinajstić information content (AvgIpc) is 3.34. The summed E-state index contributed by atoms with van der Waals surface area (Å²) >= 11 is 9.86. The highest BCUT2D eigenvalue weighted by Crippen LogP contribution is 2.52. The Kier molecular flexibility index (Phi) is 7.75. The molecule has 194 valence electrons. The smallest absolute Gasteiger partial charge is 0.413 e. The van der Waals surface area contributed by atoms with E-state index in [4.69, 9.17) is 25.9 Å². The molecule has 0 radical (unpaired) electrons. The van der Waals surface area contributed by atoms with Crippen LogP contribution in [0.3, 0.4) is 0 Å². The van der Waals surface area contributed by atoms with Gasteiger partial charge in [-0.15, -0.1) is 17.3 Å². The van der Waals surface area contributed by atoms with Crippen LogP contribution in [0.15, 0.2) is 34.0 Å². The van der Waals surface area contributed by atoms with Crippen molar-refractivity contribution in [3.05, 3.63) is 57.0 Å². The number of amidine groups is 1. The minimum absolute atomic E-state index is 0.0647. The van der Waals surface area contributed by atoms with Gasteiger partial charge in [-0.1, -0.05) is 34.4 Å². The van der Waals surface area contributed by atoms with Gasteiger partial charge in [-0.3, -0.25) is 10.3 Å². The van der Waals surface area contributed by atoms with Crippen LogP contribution in [-0.4, -0.2) is 27.0 Å². The Bertz CT molecular complexity index is 1410. The maximum absolute atomic E-state index is 12.6. The first-order valence-electron chi connectivity index (χ1n) is 11.8. The maximum atomic E-state index is 12.6. The second-order valence-corrected chi connectivity index (χ2v) is 12.6. The highest BCUT2D eigenvalue weighted by atomic mass is 35.5. The van der Waals surface area contributed by atoms with E-state index in [0.29, 0.717) is 16.6 Å². The van der Waals surface area contributed by atoms with E-state index >= 15 is 0 Å².